The summed E-state index contributed by atoms with van der Waals surface area (Å²) in [5.74, 6) is 4.97. The van der Waals surface area contributed by atoms with Crippen LogP contribution in [0.1, 0.15) is 22.3 Å². The van der Waals surface area contributed by atoms with Gasteiger partial charge in [-0.15, -0.1) is 5.10 Å². The molecule has 3 rings (SSSR count). The van der Waals surface area contributed by atoms with E-state index in [4.69, 9.17) is 16.8 Å². The van der Waals surface area contributed by atoms with Gasteiger partial charge in [-0.25, -0.2) is 11.4 Å². The summed E-state index contributed by atoms with van der Waals surface area (Å²) in [4.78, 5) is 23.9. The van der Waals surface area contributed by atoms with Crippen LogP contribution >= 0.6 is 0 Å². The highest BCUT2D eigenvalue weighted by Crippen LogP contribution is 2.25. The number of hydrogen-bond donors (Lipinski definition) is 5. The largest absolute Gasteiger partial charge is 0.382 e. The quantitative estimate of drug-likeness (QED) is 0.109. The molecule has 0 spiro atoms. The van der Waals surface area contributed by atoms with E-state index >= 15 is 0 Å². The van der Waals surface area contributed by atoms with Gasteiger partial charge in [0.2, 0.25) is 12.3 Å². The van der Waals surface area contributed by atoms with Crippen molar-refractivity contribution in [3.63, 3.8) is 0 Å². The molecule has 0 fully saturated rings. The van der Waals surface area contributed by atoms with Crippen LogP contribution in [0.5, 0.6) is 0 Å². The second kappa shape index (κ2) is 11.3. The second-order valence-corrected chi connectivity index (χ2v) is 7.57. The molecule has 3 aromatic carbocycles. The van der Waals surface area contributed by atoms with Gasteiger partial charge >= 0.3 is 0 Å². The lowest BCUT2D eigenvalue weighted by molar-refractivity contribution is -0.121. The number of amidine groups is 1. The fourth-order valence-corrected chi connectivity index (χ4v) is 3.46. The maximum Gasteiger partial charge on any atom is 0.247 e. The van der Waals surface area contributed by atoms with E-state index in [1.807, 2.05) is 43.3 Å². The number of rotatable bonds is 9. The van der Waals surface area contributed by atoms with Gasteiger partial charge in [0, 0.05) is 17.7 Å². The number of benzene rings is 3. The molecule has 0 aromatic heterocycles. The van der Waals surface area contributed by atoms with Crippen molar-refractivity contribution in [2.24, 2.45) is 16.7 Å². The fraction of sp³-hybridized carbons (Fsp3) is 0.120. The van der Waals surface area contributed by atoms with Crippen molar-refractivity contribution in [3.05, 3.63) is 89.0 Å². The van der Waals surface area contributed by atoms with Crippen molar-refractivity contribution in [1.82, 2.24) is 10.9 Å². The molecule has 9 nitrogen and oxygen atoms in total. The van der Waals surface area contributed by atoms with Crippen LogP contribution in [-0.2, 0) is 16.0 Å². The standard InChI is InChI=1S/C25H25N7O2/c1-16-2-3-18(14-26)12-22(16)19-6-4-17(5-7-19)13-23(29-15-33)25(34)30-21-10-8-20(9-11-21)24(27)31-32-28/h2-12,15,23,32H,13,28H2,1H3,(H2,27,31)(H,29,33)(H,30,34)/t23-/m0/s1. The number of anilines is 1. The first-order chi connectivity index (χ1) is 16.4. The van der Waals surface area contributed by atoms with Crippen LogP contribution in [0.4, 0.5) is 5.69 Å². The fourth-order valence-electron chi connectivity index (χ4n) is 3.46. The van der Waals surface area contributed by atoms with E-state index in [9.17, 15) is 9.59 Å². The van der Waals surface area contributed by atoms with E-state index in [1.54, 1.807) is 30.3 Å². The zero-order valence-electron chi connectivity index (χ0n) is 18.6. The van der Waals surface area contributed by atoms with Crippen molar-refractivity contribution >= 4 is 23.8 Å². The van der Waals surface area contributed by atoms with Gasteiger partial charge in [-0.2, -0.15) is 5.26 Å². The van der Waals surface area contributed by atoms with Gasteiger partial charge in [-0.1, -0.05) is 30.3 Å². The maximum atomic E-state index is 12.8. The lowest BCUT2D eigenvalue weighted by Gasteiger charge is -2.17. The van der Waals surface area contributed by atoms with Crippen molar-refractivity contribution in [1.29, 1.82) is 5.26 Å². The first kappa shape index (κ1) is 24.0. The molecule has 0 heterocycles. The Bertz CT molecular complexity index is 1230. The highest BCUT2D eigenvalue weighted by atomic mass is 16.2. The molecule has 172 valence electrons. The van der Waals surface area contributed by atoms with Gasteiger partial charge in [-0.3, -0.25) is 9.59 Å². The van der Waals surface area contributed by atoms with Crippen LogP contribution in [0.3, 0.4) is 0 Å². The Morgan fingerprint density at radius 1 is 1.12 bits per heavy atom. The number of carbonyl (C=O) groups excluding carboxylic acids is 2. The smallest absolute Gasteiger partial charge is 0.247 e. The molecule has 0 aliphatic carbocycles. The number of hydrogen-bond acceptors (Lipinski definition) is 6. The minimum atomic E-state index is -0.764. The Morgan fingerprint density at radius 2 is 1.82 bits per heavy atom. The number of nitrogens with two attached hydrogens (primary N) is 2. The van der Waals surface area contributed by atoms with E-state index in [2.05, 4.69) is 27.3 Å². The van der Waals surface area contributed by atoms with Crippen LogP contribution < -0.4 is 27.7 Å². The molecule has 0 aliphatic rings. The van der Waals surface area contributed by atoms with Crippen LogP contribution in [-0.4, -0.2) is 24.2 Å². The number of hydrazone groups is 1. The average molecular weight is 456 g/mol. The second-order valence-electron chi connectivity index (χ2n) is 7.57. The van der Waals surface area contributed by atoms with Gasteiger partial charge in [-0.05, 0) is 65.6 Å². The first-order valence-corrected chi connectivity index (χ1v) is 10.4. The maximum absolute atomic E-state index is 12.8. The minimum Gasteiger partial charge on any atom is -0.382 e. The number of carbonyl (C=O) groups is 2. The third kappa shape index (κ3) is 5.97. The molecule has 0 unspecified atom stereocenters. The summed E-state index contributed by atoms with van der Waals surface area (Å²) in [6.45, 7) is 1.99. The summed E-state index contributed by atoms with van der Waals surface area (Å²) in [5.41, 5.74) is 13.5. The van der Waals surface area contributed by atoms with Gasteiger partial charge in [0.1, 0.15) is 6.04 Å². The highest BCUT2D eigenvalue weighted by molar-refractivity contribution is 5.99. The summed E-state index contributed by atoms with van der Waals surface area (Å²) >= 11 is 0. The lowest BCUT2D eigenvalue weighted by atomic mass is 9.96. The first-order valence-electron chi connectivity index (χ1n) is 10.4. The van der Waals surface area contributed by atoms with Crippen molar-refractivity contribution < 1.29 is 9.59 Å². The summed E-state index contributed by atoms with van der Waals surface area (Å²) in [6, 6.07) is 21.4. The highest BCUT2D eigenvalue weighted by Gasteiger charge is 2.19. The SMILES string of the molecule is Cc1ccc(C#N)cc1-c1ccc(C[C@H](NC=O)C(=O)Nc2ccc(/C(N)=N/NN)cc2)cc1. The number of nitriles is 1. The number of aryl methyl sites for hydroxylation is 1. The molecule has 7 N–H and O–H groups in total. The summed E-state index contributed by atoms with van der Waals surface area (Å²) < 4.78 is 0. The van der Waals surface area contributed by atoms with E-state index in [0.29, 0.717) is 29.6 Å². The van der Waals surface area contributed by atoms with Crippen LogP contribution in [0.2, 0.25) is 0 Å². The van der Waals surface area contributed by atoms with Gasteiger partial charge in [0.25, 0.3) is 0 Å². The molecular weight excluding hydrogens is 430 g/mol. The molecule has 3 aromatic rings. The summed E-state index contributed by atoms with van der Waals surface area (Å²) in [7, 11) is 0. The minimum absolute atomic E-state index is 0.207. The predicted molar refractivity (Wildman–Crippen MR) is 131 cm³/mol. The van der Waals surface area contributed by atoms with Crippen LogP contribution in [0, 0.1) is 18.3 Å². The van der Waals surface area contributed by atoms with Crippen molar-refractivity contribution in [2.45, 2.75) is 19.4 Å². The topological polar surface area (TPSA) is 158 Å². The Kier molecular flexibility index (Phi) is 7.94. The molecule has 2 amide bonds. The Labute approximate surface area is 197 Å². The summed E-state index contributed by atoms with van der Waals surface area (Å²) in [6.07, 6.45) is 0.817. The number of amides is 2. The Balaban J connectivity index is 1.71. The third-order valence-electron chi connectivity index (χ3n) is 5.29. The Hall–Kier alpha value is -4.68. The number of nitrogens with zero attached hydrogens (tertiary/aromatic N) is 2. The van der Waals surface area contributed by atoms with E-state index in [1.165, 1.54) is 0 Å². The number of hydrazine groups is 1. The number of nitrogens with one attached hydrogen (secondary N) is 3. The molecule has 9 heteroatoms. The van der Waals surface area contributed by atoms with Gasteiger partial charge in [0.05, 0.1) is 11.6 Å². The molecule has 0 saturated heterocycles. The molecule has 0 saturated carbocycles. The normalized spacial score (nSPS) is 11.7. The zero-order chi connectivity index (χ0) is 24.5. The molecule has 1 atom stereocenters. The van der Waals surface area contributed by atoms with Crippen LogP contribution in [0.15, 0.2) is 71.8 Å². The monoisotopic (exact) mass is 455 g/mol. The zero-order valence-corrected chi connectivity index (χ0v) is 18.6. The van der Waals surface area contributed by atoms with E-state index < -0.39 is 6.04 Å². The van der Waals surface area contributed by atoms with Crippen molar-refractivity contribution in [2.75, 3.05) is 5.32 Å². The third-order valence-corrected chi connectivity index (χ3v) is 5.29. The van der Waals surface area contributed by atoms with E-state index in [-0.39, 0.29) is 11.7 Å². The Morgan fingerprint density at radius 3 is 2.44 bits per heavy atom. The molecule has 0 bridgehead atoms. The molecule has 0 radical (unpaired) electrons. The van der Waals surface area contributed by atoms with Crippen molar-refractivity contribution in [3.8, 4) is 17.2 Å². The molecule has 0 aliphatic heterocycles. The van der Waals surface area contributed by atoms with Gasteiger partial charge in [0.15, 0.2) is 5.84 Å². The van der Waals surface area contributed by atoms with Gasteiger partial charge < -0.3 is 16.4 Å². The molecular formula is C25H25N7O2. The lowest BCUT2D eigenvalue weighted by Crippen LogP contribution is -2.41. The van der Waals surface area contributed by atoms with Crippen LogP contribution in [0.25, 0.3) is 11.1 Å². The molecule has 34 heavy (non-hydrogen) atoms. The van der Waals surface area contributed by atoms with E-state index in [0.717, 1.165) is 22.3 Å². The average Bonchev–Trinajstić information content (AvgIpc) is 2.85. The predicted octanol–water partition coefficient (Wildman–Crippen LogP) is 1.91. The summed E-state index contributed by atoms with van der Waals surface area (Å²) in [5, 5.41) is 18.2.